The summed E-state index contributed by atoms with van der Waals surface area (Å²) < 4.78 is 16.0. The molecule has 166 valence electrons. The van der Waals surface area contributed by atoms with Crippen molar-refractivity contribution in [3.05, 3.63) is 48.3 Å². The molecule has 1 aromatic heterocycles. The van der Waals surface area contributed by atoms with E-state index in [2.05, 4.69) is 9.97 Å². The number of nitrogens with zero attached hydrogens (tertiary/aromatic N) is 4. The van der Waals surface area contributed by atoms with Crippen LogP contribution in [0.1, 0.15) is 26.3 Å². The van der Waals surface area contributed by atoms with Crippen molar-refractivity contribution in [2.24, 2.45) is 0 Å². The van der Waals surface area contributed by atoms with Gasteiger partial charge in [0.25, 0.3) is 0 Å². The van der Waals surface area contributed by atoms with E-state index < -0.39 is 11.6 Å². The van der Waals surface area contributed by atoms with E-state index in [1.165, 1.54) is 12.4 Å². The third-order valence-electron chi connectivity index (χ3n) is 4.42. The lowest BCUT2D eigenvalue weighted by molar-refractivity contribution is -0.157. The minimum Gasteiger partial charge on any atom is -0.479 e. The van der Waals surface area contributed by atoms with E-state index in [-0.39, 0.29) is 19.3 Å². The first kappa shape index (κ1) is 22.3. The van der Waals surface area contributed by atoms with Crippen molar-refractivity contribution in [2.45, 2.75) is 33.0 Å². The maximum absolute atomic E-state index is 12.3. The molecule has 1 fully saturated rings. The minimum atomic E-state index is -0.559. The molecular formula is C22H28N4O5. The van der Waals surface area contributed by atoms with Crippen molar-refractivity contribution >= 4 is 18.0 Å². The summed E-state index contributed by atoms with van der Waals surface area (Å²) in [5, 5.41) is 0. The highest BCUT2D eigenvalue weighted by Gasteiger charge is 2.24. The van der Waals surface area contributed by atoms with Gasteiger partial charge in [0.1, 0.15) is 12.2 Å². The lowest BCUT2D eigenvalue weighted by Gasteiger charge is -2.34. The smallest absolute Gasteiger partial charge is 0.410 e. The maximum atomic E-state index is 12.3. The summed E-state index contributed by atoms with van der Waals surface area (Å²) in [5.74, 6) is 0.478. The molecule has 0 unspecified atom stereocenters. The highest BCUT2D eigenvalue weighted by Crippen LogP contribution is 2.15. The quantitative estimate of drug-likeness (QED) is 0.648. The molecule has 31 heavy (non-hydrogen) atoms. The van der Waals surface area contributed by atoms with Gasteiger partial charge in [-0.2, -0.15) is 0 Å². The standard InChI is InChI=1S/C22H28N4O5/c1-22(2,3)31-19(27)16-29-18-13-23-20(24-14-18)25-9-11-26(12-10-25)21(28)30-15-17-7-5-4-6-8-17/h4-8,13-14H,9-12,15-16H2,1-3H3. The summed E-state index contributed by atoms with van der Waals surface area (Å²) >= 11 is 0. The number of rotatable bonds is 6. The molecule has 0 spiro atoms. The van der Waals surface area contributed by atoms with Crippen LogP contribution < -0.4 is 9.64 Å². The average Bonchev–Trinajstić information content (AvgIpc) is 2.76. The molecule has 0 saturated carbocycles. The van der Waals surface area contributed by atoms with Crippen molar-refractivity contribution in [2.75, 3.05) is 37.7 Å². The lowest BCUT2D eigenvalue weighted by atomic mass is 10.2. The molecule has 0 radical (unpaired) electrons. The Morgan fingerprint density at radius 3 is 2.26 bits per heavy atom. The van der Waals surface area contributed by atoms with E-state index in [1.54, 1.807) is 25.7 Å². The number of amides is 1. The van der Waals surface area contributed by atoms with Crippen molar-refractivity contribution in [3.8, 4) is 5.75 Å². The first-order valence-electron chi connectivity index (χ1n) is 10.2. The number of piperazine rings is 1. The zero-order chi connectivity index (χ0) is 22.3. The monoisotopic (exact) mass is 428 g/mol. The minimum absolute atomic E-state index is 0.205. The molecule has 0 atom stereocenters. The number of anilines is 1. The number of hydrogen-bond acceptors (Lipinski definition) is 8. The van der Waals surface area contributed by atoms with Crippen LogP contribution in [0.3, 0.4) is 0 Å². The van der Waals surface area contributed by atoms with Gasteiger partial charge >= 0.3 is 12.1 Å². The van der Waals surface area contributed by atoms with Crippen molar-refractivity contribution in [1.29, 1.82) is 0 Å². The predicted octanol–water partition coefficient (Wildman–Crippen LogP) is 2.66. The number of hydrogen-bond donors (Lipinski definition) is 0. The van der Waals surface area contributed by atoms with Gasteiger partial charge in [0.15, 0.2) is 12.4 Å². The highest BCUT2D eigenvalue weighted by atomic mass is 16.6. The van der Waals surface area contributed by atoms with Crippen LogP contribution in [0.4, 0.5) is 10.7 Å². The third kappa shape index (κ3) is 7.13. The Hall–Kier alpha value is -3.36. The molecule has 0 bridgehead atoms. The van der Waals surface area contributed by atoms with Gasteiger partial charge in [0.2, 0.25) is 5.95 Å². The number of ether oxygens (including phenoxy) is 3. The molecule has 1 saturated heterocycles. The second kappa shape index (κ2) is 10.1. The van der Waals surface area contributed by atoms with E-state index in [0.29, 0.717) is 37.9 Å². The van der Waals surface area contributed by atoms with Gasteiger partial charge in [0.05, 0.1) is 12.4 Å². The van der Waals surface area contributed by atoms with E-state index in [4.69, 9.17) is 14.2 Å². The van der Waals surface area contributed by atoms with Crippen LogP contribution in [-0.4, -0.2) is 65.3 Å². The Labute approximate surface area is 181 Å². The Kier molecular flexibility index (Phi) is 7.28. The van der Waals surface area contributed by atoms with Crippen LogP contribution in [0.25, 0.3) is 0 Å². The fraction of sp³-hybridized carbons (Fsp3) is 0.455. The Morgan fingerprint density at radius 1 is 1.00 bits per heavy atom. The molecule has 2 heterocycles. The Morgan fingerprint density at radius 2 is 1.65 bits per heavy atom. The second-order valence-corrected chi connectivity index (χ2v) is 8.11. The predicted molar refractivity (Wildman–Crippen MR) is 114 cm³/mol. The first-order valence-corrected chi connectivity index (χ1v) is 10.2. The molecule has 0 aliphatic carbocycles. The van der Waals surface area contributed by atoms with Gasteiger partial charge in [-0.1, -0.05) is 30.3 Å². The van der Waals surface area contributed by atoms with Gasteiger partial charge < -0.3 is 24.0 Å². The van der Waals surface area contributed by atoms with Crippen molar-refractivity contribution in [1.82, 2.24) is 14.9 Å². The van der Waals surface area contributed by atoms with E-state index >= 15 is 0 Å². The molecule has 1 aromatic carbocycles. The number of carbonyl (C=O) groups is 2. The zero-order valence-corrected chi connectivity index (χ0v) is 18.1. The summed E-state index contributed by atoms with van der Waals surface area (Å²) in [4.78, 5) is 36.3. The molecule has 1 aliphatic heterocycles. The van der Waals surface area contributed by atoms with Crippen molar-refractivity contribution in [3.63, 3.8) is 0 Å². The summed E-state index contributed by atoms with van der Waals surface area (Å²) in [7, 11) is 0. The van der Waals surface area contributed by atoms with Gasteiger partial charge in [0, 0.05) is 26.2 Å². The zero-order valence-electron chi connectivity index (χ0n) is 18.1. The average molecular weight is 428 g/mol. The molecule has 3 rings (SSSR count). The van der Waals surface area contributed by atoms with Gasteiger partial charge in [-0.05, 0) is 26.3 Å². The number of carbonyl (C=O) groups excluding carboxylic acids is 2. The molecule has 9 heteroatoms. The Balaban J connectivity index is 1.42. The van der Waals surface area contributed by atoms with E-state index in [9.17, 15) is 9.59 Å². The molecule has 2 aromatic rings. The van der Waals surface area contributed by atoms with Crippen LogP contribution in [0.5, 0.6) is 5.75 Å². The van der Waals surface area contributed by atoms with Crippen LogP contribution >= 0.6 is 0 Å². The molecule has 1 aliphatic rings. The SMILES string of the molecule is CC(C)(C)OC(=O)COc1cnc(N2CCN(C(=O)OCc3ccccc3)CC2)nc1. The third-order valence-corrected chi connectivity index (χ3v) is 4.42. The summed E-state index contributed by atoms with van der Waals surface area (Å²) in [6.45, 7) is 7.68. The topological polar surface area (TPSA) is 94.1 Å². The largest absolute Gasteiger partial charge is 0.479 e. The number of aromatic nitrogens is 2. The molecular weight excluding hydrogens is 400 g/mol. The van der Waals surface area contributed by atoms with Crippen LogP contribution in [-0.2, 0) is 20.9 Å². The summed E-state index contributed by atoms with van der Waals surface area (Å²) in [6.07, 6.45) is 2.72. The lowest BCUT2D eigenvalue weighted by Crippen LogP contribution is -2.49. The highest BCUT2D eigenvalue weighted by molar-refractivity contribution is 5.71. The van der Waals surface area contributed by atoms with Crippen LogP contribution in [0.2, 0.25) is 0 Å². The normalized spacial score (nSPS) is 14.2. The second-order valence-electron chi connectivity index (χ2n) is 8.11. The van der Waals surface area contributed by atoms with Gasteiger partial charge in [-0.25, -0.2) is 19.6 Å². The van der Waals surface area contributed by atoms with E-state index in [0.717, 1.165) is 5.56 Å². The number of esters is 1. The van der Waals surface area contributed by atoms with Crippen LogP contribution in [0.15, 0.2) is 42.7 Å². The van der Waals surface area contributed by atoms with E-state index in [1.807, 2.05) is 35.2 Å². The molecule has 9 nitrogen and oxygen atoms in total. The maximum Gasteiger partial charge on any atom is 0.410 e. The van der Waals surface area contributed by atoms with Gasteiger partial charge in [-0.15, -0.1) is 0 Å². The molecule has 1 amide bonds. The summed E-state index contributed by atoms with van der Waals surface area (Å²) in [6, 6.07) is 9.59. The van der Waals surface area contributed by atoms with Gasteiger partial charge in [-0.3, -0.25) is 0 Å². The first-order chi connectivity index (χ1) is 14.8. The van der Waals surface area contributed by atoms with Crippen molar-refractivity contribution < 1.29 is 23.8 Å². The Bertz CT molecular complexity index is 860. The summed E-state index contributed by atoms with van der Waals surface area (Å²) in [5.41, 5.74) is 0.397. The number of benzene rings is 1. The fourth-order valence-corrected chi connectivity index (χ4v) is 2.96. The fourth-order valence-electron chi connectivity index (χ4n) is 2.96. The molecule has 0 N–H and O–H groups in total. The van der Waals surface area contributed by atoms with Crippen LogP contribution in [0, 0.1) is 0 Å².